The average Bonchev–Trinajstić information content (AvgIpc) is 3.00. The summed E-state index contributed by atoms with van der Waals surface area (Å²) in [5, 5.41) is 5.81. The number of hydrogen-bond donors (Lipinski definition) is 3. The number of benzene rings is 1. The molecule has 128 valence electrons. The van der Waals surface area contributed by atoms with Gasteiger partial charge >= 0.3 is 0 Å². The lowest BCUT2D eigenvalue weighted by atomic mass is 10.1. The Balaban J connectivity index is 1.81. The van der Waals surface area contributed by atoms with Gasteiger partial charge < -0.3 is 15.4 Å². The molecule has 1 amide bonds. The van der Waals surface area contributed by atoms with Crippen LogP contribution < -0.4 is 15.4 Å². The summed E-state index contributed by atoms with van der Waals surface area (Å²) in [7, 11) is -3.70. The van der Waals surface area contributed by atoms with Crippen molar-refractivity contribution >= 4 is 15.9 Å². The average molecular weight is 341 g/mol. The van der Waals surface area contributed by atoms with E-state index in [-0.39, 0.29) is 17.3 Å². The van der Waals surface area contributed by atoms with E-state index in [1.807, 2.05) is 0 Å². The highest BCUT2D eigenvalue weighted by Gasteiger charge is 2.19. The molecule has 3 N–H and O–H groups in total. The van der Waals surface area contributed by atoms with E-state index in [1.54, 1.807) is 12.1 Å². The Morgan fingerprint density at radius 3 is 2.74 bits per heavy atom. The van der Waals surface area contributed by atoms with Gasteiger partial charge in [-0.25, -0.2) is 13.1 Å². The van der Waals surface area contributed by atoms with Crippen LogP contribution in [0.1, 0.15) is 24.5 Å². The number of amides is 1. The van der Waals surface area contributed by atoms with Crippen LogP contribution in [0.25, 0.3) is 0 Å². The molecule has 7 nitrogen and oxygen atoms in total. The largest absolute Gasteiger partial charge is 0.372 e. The molecule has 0 saturated heterocycles. The fraction of sp³-hybridized carbons (Fsp3) is 0.533. The molecular weight excluding hydrogens is 318 g/mol. The van der Waals surface area contributed by atoms with E-state index in [4.69, 9.17) is 4.74 Å². The van der Waals surface area contributed by atoms with Gasteiger partial charge in [0, 0.05) is 13.1 Å². The van der Waals surface area contributed by atoms with Crippen LogP contribution >= 0.6 is 0 Å². The van der Waals surface area contributed by atoms with Crippen molar-refractivity contribution in [2.24, 2.45) is 0 Å². The normalized spacial score (nSPS) is 13.8. The molecule has 8 heteroatoms. The summed E-state index contributed by atoms with van der Waals surface area (Å²) in [5.41, 5.74) is 1.88. The standard InChI is InChI=1S/C15H23N3O4S/c1-2-5-16-6-7-17-15(19)9-18-23(20,21)14-4-3-12-10-22-11-13(12)8-14/h3-4,8,16,18H,2,5-7,9-11H2,1H3,(H,17,19). The van der Waals surface area contributed by atoms with E-state index in [2.05, 4.69) is 22.3 Å². The van der Waals surface area contributed by atoms with Gasteiger partial charge in [-0.1, -0.05) is 13.0 Å². The van der Waals surface area contributed by atoms with Crippen LogP contribution in [0.4, 0.5) is 0 Å². The third kappa shape index (κ3) is 5.28. The van der Waals surface area contributed by atoms with E-state index >= 15 is 0 Å². The molecule has 0 saturated carbocycles. The first-order chi connectivity index (χ1) is 11.0. The van der Waals surface area contributed by atoms with Gasteiger partial charge in [0.25, 0.3) is 0 Å². The molecule has 0 aliphatic carbocycles. The lowest BCUT2D eigenvalue weighted by molar-refractivity contribution is -0.119. The molecule has 0 unspecified atom stereocenters. The molecule has 0 spiro atoms. The zero-order valence-corrected chi connectivity index (χ0v) is 14.0. The van der Waals surface area contributed by atoms with Crippen LogP contribution in [0, 0.1) is 0 Å². The molecule has 0 bridgehead atoms. The number of rotatable bonds is 9. The molecule has 0 fully saturated rings. The maximum Gasteiger partial charge on any atom is 0.241 e. The Bertz CT molecular complexity index is 646. The minimum absolute atomic E-state index is 0.152. The zero-order chi connectivity index (χ0) is 16.7. The quantitative estimate of drug-likeness (QED) is 0.554. The van der Waals surface area contributed by atoms with Crippen molar-refractivity contribution in [3.8, 4) is 0 Å². The van der Waals surface area contributed by atoms with E-state index < -0.39 is 10.0 Å². The van der Waals surface area contributed by atoms with Crippen molar-refractivity contribution in [2.45, 2.75) is 31.5 Å². The van der Waals surface area contributed by atoms with Gasteiger partial charge in [0.2, 0.25) is 15.9 Å². The van der Waals surface area contributed by atoms with Crippen molar-refractivity contribution in [3.63, 3.8) is 0 Å². The first kappa shape index (κ1) is 17.9. The Morgan fingerprint density at radius 1 is 1.17 bits per heavy atom. The third-order valence-corrected chi connectivity index (χ3v) is 4.88. The highest BCUT2D eigenvalue weighted by Crippen LogP contribution is 2.22. The number of hydrogen-bond acceptors (Lipinski definition) is 5. The molecule has 1 aromatic rings. The fourth-order valence-electron chi connectivity index (χ4n) is 2.21. The fourth-order valence-corrected chi connectivity index (χ4v) is 3.25. The first-order valence-electron chi connectivity index (χ1n) is 7.69. The summed E-state index contributed by atoms with van der Waals surface area (Å²) in [5.74, 6) is -0.351. The van der Waals surface area contributed by atoms with Gasteiger partial charge in [0.15, 0.2) is 0 Å². The summed E-state index contributed by atoms with van der Waals surface area (Å²) in [4.78, 5) is 11.8. The summed E-state index contributed by atoms with van der Waals surface area (Å²) in [6.45, 7) is 4.75. The van der Waals surface area contributed by atoms with Crippen molar-refractivity contribution in [1.29, 1.82) is 0 Å². The van der Waals surface area contributed by atoms with Crippen molar-refractivity contribution in [3.05, 3.63) is 29.3 Å². The number of nitrogens with one attached hydrogen (secondary N) is 3. The smallest absolute Gasteiger partial charge is 0.241 e. The van der Waals surface area contributed by atoms with E-state index in [1.165, 1.54) is 6.07 Å². The van der Waals surface area contributed by atoms with E-state index in [9.17, 15) is 13.2 Å². The Kier molecular flexibility index (Phi) is 6.52. The second-order valence-electron chi connectivity index (χ2n) is 5.35. The van der Waals surface area contributed by atoms with E-state index in [0.717, 1.165) is 24.1 Å². The Hall–Kier alpha value is -1.48. The molecular formula is C15H23N3O4S. The van der Waals surface area contributed by atoms with Crippen molar-refractivity contribution < 1.29 is 17.9 Å². The van der Waals surface area contributed by atoms with Gasteiger partial charge in [0.1, 0.15) is 0 Å². The molecule has 1 aliphatic heterocycles. The lowest BCUT2D eigenvalue weighted by Gasteiger charge is -2.09. The van der Waals surface area contributed by atoms with E-state index in [0.29, 0.717) is 26.3 Å². The van der Waals surface area contributed by atoms with Crippen LogP contribution in [0.15, 0.2) is 23.1 Å². The number of carbonyl (C=O) groups is 1. The molecule has 1 aromatic carbocycles. The molecule has 1 heterocycles. The Labute approximate surface area is 136 Å². The molecule has 1 aliphatic rings. The predicted octanol–water partition coefficient (Wildman–Crippen LogP) is 0.111. The monoisotopic (exact) mass is 341 g/mol. The summed E-state index contributed by atoms with van der Waals surface area (Å²) < 4.78 is 32.0. The zero-order valence-electron chi connectivity index (χ0n) is 13.2. The van der Waals surface area contributed by atoms with Gasteiger partial charge in [-0.15, -0.1) is 0 Å². The minimum atomic E-state index is -3.70. The number of carbonyl (C=O) groups excluding carboxylic acids is 1. The molecule has 23 heavy (non-hydrogen) atoms. The minimum Gasteiger partial charge on any atom is -0.372 e. The highest BCUT2D eigenvalue weighted by molar-refractivity contribution is 7.89. The maximum absolute atomic E-state index is 12.2. The van der Waals surface area contributed by atoms with Crippen LogP contribution in [-0.4, -0.2) is 40.5 Å². The number of fused-ring (bicyclic) bond motifs is 1. The first-order valence-corrected chi connectivity index (χ1v) is 9.18. The predicted molar refractivity (Wildman–Crippen MR) is 86.3 cm³/mol. The maximum atomic E-state index is 12.2. The molecule has 0 aromatic heterocycles. The SMILES string of the molecule is CCCNCCNC(=O)CNS(=O)(=O)c1ccc2c(c1)COC2. The van der Waals surface area contributed by atoms with Crippen LogP contribution in [0.3, 0.4) is 0 Å². The highest BCUT2D eigenvalue weighted by atomic mass is 32.2. The van der Waals surface area contributed by atoms with Crippen LogP contribution in [-0.2, 0) is 32.8 Å². The van der Waals surface area contributed by atoms with Crippen LogP contribution in [0.5, 0.6) is 0 Å². The molecule has 2 rings (SSSR count). The summed E-state index contributed by atoms with van der Waals surface area (Å²) >= 11 is 0. The number of sulfonamides is 1. The molecule has 0 radical (unpaired) electrons. The van der Waals surface area contributed by atoms with Gasteiger partial charge in [-0.2, -0.15) is 0 Å². The lowest BCUT2D eigenvalue weighted by Crippen LogP contribution is -2.39. The third-order valence-electron chi connectivity index (χ3n) is 3.48. The Morgan fingerprint density at radius 2 is 1.96 bits per heavy atom. The molecule has 0 atom stereocenters. The van der Waals surface area contributed by atoms with Gasteiger partial charge in [-0.3, -0.25) is 4.79 Å². The second-order valence-corrected chi connectivity index (χ2v) is 7.11. The van der Waals surface area contributed by atoms with Crippen molar-refractivity contribution in [2.75, 3.05) is 26.2 Å². The topological polar surface area (TPSA) is 96.5 Å². The van der Waals surface area contributed by atoms with Gasteiger partial charge in [0.05, 0.1) is 24.7 Å². The summed E-state index contributed by atoms with van der Waals surface area (Å²) in [6, 6.07) is 4.87. The van der Waals surface area contributed by atoms with Crippen LogP contribution in [0.2, 0.25) is 0 Å². The van der Waals surface area contributed by atoms with Gasteiger partial charge in [-0.05, 0) is 36.2 Å². The second kappa shape index (κ2) is 8.39. The summed E-state index contributed by atoms with van der Waals surface area (Å²) in [6.07, 6.45) is 1.03. The van der Waals surface area contributed by atoms with Crippen molar-refractivity contribution in [1.82, 2.24) is 15.4 Å². The number of ether oxygens (including phenoxy) is 1.